The number of aliphatic carboxylic acids is 2. The van der Waals surface area contributed by atoms with E-state index in [1.54, 1.807) is 0 Å². The first-order valence-corrected chi connectivity index (χ1v) is 10.3. The highest BCUT2D eigenvalue weighted by Crippen LogP contribution is 2.27. The van der Waals surface area contributed by atoms with Gasteiger partial charge >= 0.3 is 11.9 Å². The van der Waals surface area contributed by atoms with Crippen molar-refractivity contribution in [2.24, 2.45) is 0 Å². The molecule has 2 aromatic carbocycles. The van der Waals surface area contributed by atoms with Crippen LogP contribution in [0.25, 0.3) is 10.9 Å². The second-order valence-electron chi connectivity index (χ2n) is 7.47. The van der Waals surface area contributed by atoms with Crippen LogP contribution in [0, 0.1) is 0 Å². The van der Waals surface area contributed by atoms with Crippen molar-refractivity contribution in [3.63, 3.8) is 0 Å². The van der Waals surface area contributed by atoms with Crippen molar-refractivity contribution < 1.29 is 24.6 Å². The molecule has 4 N–H and O–H groups in total. The quantitative estimate of drug-likeness (QED) is 0.314. The van der Waals surface area contributed by atoms with Crippen LogP contribution in [0.3, 0.4) is 0 Å². The van der Waals surface area contributed by atoms with Crippen molar-refractivity contribution in [2.75, 3.05) is 27.2 Å². The van der Waals surface area contributed by atoms with Crippen molar-refractivity contribution in [1.29, 1.82) is 0 Å². The van der Waals surface area contributed by atoms with Gasteiger partial charge in [0, 0.05) is 35.8 Å². The Balaban J connectivity index is 0.000000534. The van der Waals surface area contributed by atoms with Gasteiger partial charge in [-0.1, -0.05) is 55.5 Å². The molecule has 8 heteroatoms. The standard InChI is InChI=1S/C22H27N3O.C2H2O4/c1-4-16-11-8-12-18-19(15-24-20(16)18)22(26)21(23-13-14-25(2)3)17-9-6-5-7-10-17;3-1(4)2(5)6/h5-12,15,21,23-24H,4,13-14H2,1-3H3;(H,3,4)(H,5,6). The molecule has 0 aliphatic carbocycles. The topological polar surface area (TPSA) is 123 Å². The molecule has 3 rings (SSSR count). The molecular weight excluding hydrogens is 410 g/mol. The normalized spacial score (nSPS) is 11.6. The summed E-state index contributed by atoms with van der Waals surface area (Å²) in [4.78, 5) is 37.0. The number of hydrogen-bond acceptors (Lipinski definition) is 5. The maximum absolute atomic E-state index is 13.4. The molecule has 170 valence electrons. The molecule has 0 fully saturated rings. The summed E-state index contributed by atoms with van der Waals surface area (Å²) in [5, 5.41) is 19.2. The van der Waals surface area contributed by atoms with Gasteiger partial charge in [0.25, 0.3) is 0 Å². The van der Waals surface area contributed by atoms with E-state index in [-0.39, 0.29) is 11.8 Å². The number of nitrogens with zero attached hydrogens (tertiary/aromatic N) is 1. The highest BCUT2D eigenvalue weighted by molar-refractivity contribution is 6.27. The lowest BCUT2D eigenvalue weighted by molar-refractivity contribution is -0.159. The van der Waals surface area contributed by atoms with Gasteiger partial charge in [0.05, 0.1) is 6.04 Å². The Hall–Kier alpha value is -3.49. The summed E-state index contributed by atoms with van der Waals surface area (Å²) in [5.74, 6) is -3.54. The maximum atomic E-state index is 13.4. The highest BCUT2D eigenvalue weighted by atomic mass is 16.4. The number of rotatable bonds is 8. The minimum Gasteiger partial charge on any atom is -0.473 e. The first kappa shape index (κ1) is 24.8. The molecule has 8 nitrogen and oxygen atoms in total. The minimum atomic E-state index is -1.82. The van der Waals surface area contributed by atoms with E-state index in [2.05, 4.69) is 28.2 Å². The fraction of sp³-hybridized carbons (Fsp3) is 0.292. The zero-order valence-electron chi connectivity index (χ0n) is 18.5. The van der Waals surface area contributed by atoms with Crippen LogP contribution in [0.5, 0.6) is 0 Å². The fourth-order valence-electron chi connectivity index (χ4n) is 3.31. The molecule has 32 heavy (non-hydrogen) atoms. The minimum absolute atomic E-state index is 0.106. The van der Waals surface area contributed by atoms with Gasteiger partial charge in [0.2, 0.25) is 0 Å². The number of aromatic amines is 1. The molecule has 0 aliphatic heterocycles. The lowest BCUT2D eigenvalue weighted by Crippen LogP contribution is -2.34. The Bertz CT molecular complexity index is 1050. The van der Waals surface area contributed by atoms with Crippen LogP contribution in [0.15, 0.2) is 54.7 Å². The summed E-state index contributed by atoms with van der Waals surface area (Å²) in [6, 6.07) is 15.8. The van der Waals surface area contributed by atoms with Gasteiger partial charge in [-0.15, -0.1) is 0 Å². The number of carboxylic acid groups (broad SMARTS) is 2. The molecule has 0 aliphatic rings. The number of H-pyrrole nitrogens is 1. The monoisotopic (exact) mass is 439 g/mol. The second-order valence-corrected chi connectivity index (χ2v) is 7.47. The number of carboxylic acids is 2. The van der Waals surface area contributed by atoms with Gasteiger partial charge in [-0.05, 0) is 31.6 Å². The molecule has 0 saturated carbocycles. The third kappa shape index (κ3) is 6.50. The molecule has 0 saturated heterocycles. The number of Topliss-reactive ketones (excluding diaryl/α,β-unsaturated/α-hetero) is 1. The van der Waals surface area contributed by atoms with Crippen molar-refractivity contribution in [1.82, 2.24) is 15.2 Å². The van der Waals surface area contributed by atoms with Gasteiger partial charge < -0.3 is 25.4 Å². The van der Waals surface area contributed by atoms with Crippen LogP contribution in [-0.4, -0.2) is 65.0 Å². The Morgan fingerprint density at radius 3 is 2.22 bits per heavy atom. The number of likely N-dealkylation sites (N-methyl/N-ethyl adjacent to an activating group) is 1. The molecule has 1 unspecified atom stereocenters. The summed E-state index contributed by atoms with van der Waals surface area (Å²) in [6.07, 6.45) is 2.80. The zero-order valence-corrected chi connectivity index (χ0v) is 18.5. The van der Waals surface area contributed by atoms with Crippen molar-refractivity contribution >= 4 is 28.6 Å². The molecule has 0 bridgehead atoms. The van der Waals surface area contributed by atoms with Crippen LogP contribution >= 0.6 is 0 Å². The molecule has 1 heterocycles. The summed E-state index contributed by atoms with van der Waals surface area (Å²) in [6.45, 7) is 3.76. The summed E-state index contributed by atoms with van der Waals surface area (Å²) < 4.78 is 0. The van der Waals surface area contributed by atoms with Crippen LogP contribution < -0.4 is 5.32 Å². The lowest BCUT2D eigenvalue weighted by Gasteiger charge is -2.19. The second kappa shape index (κ2) is 11.8. The van der Waals surface area contributed by atoms with Crippen LogP contribution in [0.4, 0.5) is 0 Å². The lowest BCUT2D eigenvalue weighted by atomic mass is 9.96. The summed E-state index contributed by atoms with van der Waals surface area (Å²) in [5.41, 5.74) is 4.05. The predicted molar refractivity (Wildman–Crippen MR) is 123 cm³/mol. The molecule has 0 amide bonds. The number of para-hydroxylation sites is 1. The van der Waals surface area contributed by atoms with Gasteiger partial charge in [0.15, 0.2) is 5.78 Å². The summed E-state index contributed by atoms with van der Waals surface area (Å²) >= 11 is 0. The average Bonchev–Trinajstić information content (AvgIpc) is 3.21. The molecular formula is C24H29N3O5. The number of ketones is 1. The Labute approximate surface area is 186 Å². The van der Waals surface area contributed by atoms with E-state index in [0.717, 1.165) is 41.5 Å². The average molecular weight is 440 g/mol. The van der Waals surface area contributed by atoms with E-state index in [1.165, 1.54) is 5.56 Å². The number of nitrogens with one attached hydrogen (secondary N) is 2. The number of aryl methyl sites for hydroxylation is 1. The third-order valence-corrected chi connectivity index (χ3v) is 4.93. The molecule has 1 aromatic heterocycles. The Morgan fingerprint density at radius 1 is 1.00 bits per heavy atom. The summed E-state index contributed by atoms with van der Waals surface area (Å²) in [7, 11) is 4.07. The van der Waals surface area contributed by atoms with Crippen LogP contribution in [-0.2, 0) is 16.0 Å². The fourth-order valence-corrected chi connectivity index (χ4v) is 3.31. The molecule has 0 radical (unpaired) electrons. The van der Waals surface area contributed by atoms with Gasteiger partial charge in [-0.3, -0.25) is 4.79 Å². The third-order valence-electron chi connectivity index (χ3n) is 4.93. The number of carbonyl (C=O) groups is 3. The predicted octanol–water partition coefficient (Wildman–Crippen LogP) is 2.96. The van der Waals surface area contributed by atoms with Crippen molar-refractivity contribution in [3.05, 3.63) is 71.4 Å². The SMILES string of the molecule is CCc1cccc2c(C(=O)C(NCCN(C)C)c3ccccc3)c[nH]c12.O=C(O)C(=O)O. The van der Waals surface area contributed by atoms with E-state index in [9.17, 15) is 4.79 Å². The first-order chi connectivity index (χ1) is 15.3. The number of benzene rings is 2. The van der Waals surface area contributed by atoms with Crippen molar-refractivity contribution in [2.45, 2.75) is 19.4 Å². The Kier molecular flexibility index (Phi) is 9.12. The van der Waals surface area contributed by atoms with Crippen molar-refractivity contribution in [3.8, 4) is 0 Å². The van der Waals surface area contributed by atoms with E-state index < -0.39 is 11.9 Å². The van der Waals surface area contributed by atoms with E-state index >= 15 is 0 Å². The van der Waals surface area contributed by atoms with E-state index in [4.69, 9.17) is 19.8 Å². The number of hydrogen-bond donors (Lipinski definition) is 4. The number of fused-ring (bicyclic) bond motifs is 1. The first-order valence-electron chi connectivity index (χ1n) is 10.3. The number of carbonyl (C=O) groups excluding carboxylic acids is 1. The van der Waals surface area contributed by atoms with Crippen LogP contribution in [0.2, 0.25) is 0 Å². The van der Waals surface area contributed by atoms with E-state index in [1.807, 2.05) is 62.8 Å². The Morgan fingerprint density at radius 2 is 1.66 bits per heavy atom. The maximum Gasteiger partial charge on any atom is 0.414 e. The van der Waals surface area contributed by atoms with Gasteiger partial charge in [-0.25, -0.2) is 9.59 Å². The molecule has 1 atom stereocenters. The smallest absolute Gasteiger partial charge is 0.414 e. The van der Waals surface area contributed by atoms with Gasteiger partial charge in [0.1, 0.15) is 0 Å². The zero-order chi connectivity index (χ0) is 23.7. The largest absolute Gasteiger partial charge is 0.473 e. The van der Waals surface area contributed by atoms with Crippen LogP contribution in [0.1, 0.15) is 34.5 Å². The highest BCUT2D eigenvalue weighted by Gasteiger charge is 2.24. The molecule has 0 spiro atoms. The number of aromatic nitrogens is 1. The molecule has 3 aromatic rings. The van der Waals surface area contributed by atoms with E-state index in [0.29, 0.717) is 0 Å². The van der Waals surface area contributed by atoms with Gasteiger partial charge in [-0.2, -0.15) is 0 Å².